The van der Waals surface area contributed by atoms with Gasteiger partial charge in [0, 0.05) is 18.5 Å². The number of anilines is 1. The minimum Gasteiger partial charge on any atom is -0.481 e. The number of carbonyl (C=O) groups excluding carboxylic acids is 1. The number of carbonyl (C=O) groups is 1. The van der Waals surface area contributed by atoms with Crippen molar-refractivity contribution in [3.63, 3.8) is 0 Å². The van der Waals surface area contributed by atoms with Crippen LogP contribution in [0.1, 0.15) is 30.0 Å². The average Bonchev–Trinajstić information content (AvgIpc) is 3.50. The molecule has 146 valence electrons. The van der Waals surface area contributed by atoms with Gasteiger partial charge in [0.25, 0.3) is 0 Å². The summed E-state index contributed by atoms with van der Waals surface area (Å²) in [5, 5.41) is 19.2. The van der Waals surface area contributed by atoms with E-state index in [0.717, 1.165) is 18.4 Å². The summed E-state index contributed by atoms with van der Waals surface area (Å²) in [5.41, 5.74) is 1.83. The molecule has 1 aliphatic rings. The van der Waals surface area contributed by atoms with E-state index < -0.39 is 0 Å². The van der Waals surface area contributed by atoms with Gasteiger partial charge in [0.15, 0.2) is 5.82 Å². The van der Waals surface area contributed by atoms with Crippen molar-refractivity contribution in [3.8, 4) is 17.8 Å². The quantitative estimate of drug-likeness (QED) is 0.669. The Kier molecular flexibility index (Phi) is 5.07. The fraction of sp³-hybridized carbons (Fsp3) is 0.250. The van der Waals surface area contributed by atoms with Crippen molar-refractivity contribution in [3.05, 3.63) is 60.2 Å². The second-order valence-corrected chi connectivity index (χ2v) is 6.71. The van der Waals surface area contributed by atoms with Gasteiger partial charge in [-0.1, -0.05) is 6.07 Å². The Hall–Kier alpha value is -3.93. The van der Waals surface area contributed by atoms with Crippen LogP contribution in [0, 0.1) is 17.2 Å². The van der Waals surface area contributed by atoms with Gasteiger partial charge in [-0.3, -0.25) is 0 Å². The van der Waals surface area contributed by atoms with Crippen LogP contribution in [0.15, 0.2) is 49.1 Å². The van der Waals surface area contributed by atoms with Gasteiger partial charge in [0.05, 0.1) is 36.8 Å². The lowest BCUT2D eigenvalue weighted by Gasteiger charge is -2.18. The van der Waals surface area contributed by atoms with E-state index in [9.17, 15) is 10.1 Å². The summed E-state index contributed by atoms with van der Waals surface area (Å²) in [6.45, 7) is 0. The summed E-state index contributed by atoms with van der Waals surface area (Å²) in [4.78, 5) is 21.0. The molecule has 0 radical (unpaired) electrons. The average molecular weight is 389 g/mol. The molecule has 3 aromatic heterocycles. The van der Waals surface area contributed by atoms with Crippen LogP contribution in [0.3, 0.4) is 0 Å². The van der Waals surface area contributed by atoms with Gasteiger partial charge in [-0.05, 0) is 36.5 Å². The van der Waals surface area contributed by atoms with Crippen LogP contribution in [0.25, 0.3) is 5.82 Å². The lowest BCUT2D eigenvalue weighted by Crippen LogP contribution is -2.33. The second-order valence-electron chi connectivity index (χ2n) is 6.71. The van der Waals surface area contributed by atoms with Crippen molar-refractivity contribution >= 4 is 11.7 Å². The molecule has 4 rings (SSSR count). The maximum Gasteiger partial charge on any atom is 0.319 e. The number of hydrogen-bond donors (Lipinski definition) is 2. The third kappa shape index (κ3) is 4.16. The summed E-state index contributed by atoms with van der Waals surface area (Å²) in [5.74, 6) is 1.33. The first-order valence-electron chi connectivity index (χ1n) is 9.15. The molecule has 0 bridgehead atoms. The van der Waals surface area contributed by atoms with Gasteiger partial charge in [0.2, 0.25) is 5.88 Å². The molecule has 1 aliphatic carbocycles. The molecule has 9 heteroatoms. The monoisotopic (exact) mass is 389 g/mol. The topological polar surface area (TPSA) is 118 Å². The molecule has 29 heavy (non-hydrogen) atoms. The number of rotatable bonds is 6. The fourth-order valence-corrected chi connectivity index (χ4v) is 3.08. The zero-order chi connectivity index (χ0) is 20.2. The number of hydrogen-bond acceptors (Lipinski definition) is 6. The number of amides is 2. The Bertz CT molecular complexity index is 1050. The fourth-order valence-electron chi connectivity index (χ4n) is 3.08. The molecule has 0 spiro atoms. The van der Waals surface area contributed by atoms with Crippen LogP contribution >= 0.6 is 0 Å². The van der Waals surface area contributed by atoms with Crippen molar-refractivity contribution < 1.29 is 9.53 Å². The van der Waals surface area contributed by atoms with Crippen LogP contribution in [-0.4, -0.2) is 32.9 Å². The summed E-state index contributed by atoms with van der Waals surface area (Å²) in [6, 6.07) is 8.67. The SMILES string of the molecule is COc1ccc(C(NC(=O)Nc2cnn(-c3ncccc3C#N)c2)C2CC2)cn1. The number of aromatic nitrogens is 4. The predicted octanol–water partition coefficient (Wildman–Crippen LogP) is 2.82. The van der Waals surface area contributed by atoms with Crippen LogP contribution in [0.2, 0.25) is 0 Å². The summed E-state index contributed by atoms with van der Waals surface area (Å²) in [6.07, 6.45) is 8.56. The highest BCUT2D eigenvalue weighted by Gasteiger charge is 2.33. The largest absolute Gasteiger partial charge is 0.481 e. The Labute approximate surface area is 167 Å². The molecular weight excluding hydrogens is 370 g/mol. The maximum atomic E-state index is 12.5. The van der Waals surface area contributed by atoms with Crippen LogP contribution < -0.4 is 15.4 Å². The van der Waals surface area contributed by atoms with Gasteiger partial charge in [-0.25, -0.2) is 19.4 Å². The van der Waals surface area contributed by atoms with E-state index in [1.165, 1.54) is 10.9 Å². The van der Waals surface area contributed by atoms with E-state index in [0.29, 0.717) is 28.9 Å². The van der Waals surface area contributed by atoms with Crippen molar-refractivity contribution in [1.29, 1.82) is 5.26 Å². The van der Waals surface area contributed by atoms with E-state index in [-0.39, 0.29) is 12.1 Å². The number of ether oxygens (including phenoxy) is 1. The smallest absolute Gasteiger partial charge is 0.319 e. The van der Waals surface area contributed by atoms with Crippen LogP contribution in [0.4, 0.5) is 10.5 Å². The third-order valence-corrected chi connectivity index (χ3v) is 4.67. The Balaban J connectivity index is 1.45. The standard InChI is InChI=1S/C20H19N7O2/c1-29-17-7-6-15(10-23-17)18(13-4-5-13)26-20(28)25-16-11-24-27(12-16)19-14(9-21)3-2-8-22-19/h2-3,6-8,10-13,18H,4-5H2,1H3,(H2,25,26,28). The third-order valence-electron chi connectivity index (χ3n) is 4.67. The molecule has 3 aromatic rings. The van der Waals surface area contributed by atoms with E-state index in [1.54, 1.807) is 43.9 Å². The second kappa shape index (κ2) is 7.98. The number of methoxy groups -OCH3 is 1. The molecule has 9 nitrogen and oxygen atoms in total. The summed E-state index contributed by atoms with van der Waals surface area (Å²) in [7, 11) is 1.57. The Morgan fingerprint density at radius 2 is 2.17 bits per heavy atom. The molecule has 1 unspecified atom stereocenters. The minimum absolute atomic E-state index is 0.121. The predicted molar refractivity (Wildman–Crippen MR) is 104 cm³/mol. The van der Waals surface area contributed by atoms with Crippen molar-refractivity contribution in [2.45, 2.75) is 18.9 Å². The van der Waals surface area contributed by atoms with Crippen LogP contribution in [0.5, 0.6) is 5.88 Å². The van der Waals surface area contributed by atoms with Gasteiger partial charge in [-0.15, -0.1) is 0 Å². The highest BCUT2D eigenvalue weighted by molar-refractivity contribution is 5.89. The molecule has 2 N–H and O–H groups in total. The number of nitrogens with zero attached hydrogens (tertiary/aromatic N) is 5. The number of pyridine rings is 2. The van der Waals surface area contributed by atoms with Crippen molar-refractivity contribution in [2.75, 3.05) is 12.4 Å². The first-order chi connectivity index (χ1) is 14.2. The lowest BCUT2D eigenvalue weighted by molar-refractivity contribution is 0.247. The molecule has 1 fully saturated rings. The van der Waals surface area contributed by atoms with Gasteiger partial charge in [0.1, 0.15) is 6.07 Å². The maximum absolute atomic E-state index is 12.5. The van der Waals surface area contributed by atoms with E-state index in [2.05, 4.69) is 31.8 Å². The minimum atomic E-state index is -0.334. The van der Waals surface area contributed by atoms with Gasteiger partial charge in [-0.2, -0.15) is 10.4 Å². The Morgan fingerprint density at radius 1 is 1.31 bits per heavy atom. The zero-order valence-corrected chi connectivity index (χ0v) is 15.7. The summed E-state index contributed by atoms with van der Waals surface area (Å²) < 4.78 is 6.55. The highest BCUT2D eigenvalue weighted by Crippen LogP contribution is 2.41. The first kappa shape index (κ1) is 18.4. The number of urea groups is 1. The van der Waals surface area contributed by atoms with E-state index in [4.69, 9.17) is 4.74 Å². The first-order valence-corrected chi connectivity index (χ1v) is 9.15. The van der Waals surface area contributed by atoms with E-state index in [1.807, 2.05) is 6.07 Å². The zero-order valence-electron chi connectivity index (χ0n) is 15.7. The van der Waals surface area contributed by atoms with Gasteiger partial charge >= 0.3 is 6.03 Å². The van der Waals surface area contributed by atoms with Crippen molar-refractivity contribution in [2.24, 2.45) is 5.92 Å². The summed E-state index contributed by atoms with van der Waals surface area (Å²) >= 11 is 0. The number of nitrogens with one attached hydrogen (secondary N) is 2. The molecular formula is C20H19N7O2. The molecule has 3 heterocycles. The molecule has 1 saturated carbocycles. The molecule has 0 saturated heterocycles. The highest BCUT2D eigenvalue weighted by atomic mass is 16.5. The molecule has 0 aliphatic heterocycles. The normalized spacial score (nSPS) is 13.9. The van der Waals surface area contributed by atoms with Crippen LogP contribution in [-0.2, 0) is 0 Å². The Morgan fingerprint density at radius 3 is 2.86 bits per heavy atom. The molecule has 2 amide bonds. The lowest BCUT2D eigenvalue weighted by atomic mass is 10.0. The molecule has 0 aromatic carbocycles. The number of nitriles is 1. The molecule has 1 atom stereocenters. The van der Waals surface area contributed by atoms with Gasteiger partial charge < -0.3 is 15.4 Å². The van der Waals surface area contributed by atoms with Crippen molar-refractivity contribution in [1.82, 2.24) is 25.1 Å². The van der Waals surface area contributed by atoms with E-state index >= 15 is 0 Å².